The normalized spacial score (nSPS) is 17.1. The van der Waals surface area contributed by atoms with Gasteiger partial charge < -0.3 is 19.9 Å². The molecule has 1 aliphatic heterocycles. The van der Waals surface area contributed by atoms with Crippen molar-refractivity contribution in [2.45, 2.75) is 52.1 Å². The molecule has 0 spiro atoms. The molecule has 30 heavy (non-hydrogen) atoms. The number of rotatable bonds is 6. The Morgan fingerprint density at radius 1 is 1.33 bits per heavy atom. The van der Waals surface area contributed by atoms with Crippen molar-refractivity contribution in [2.24, 2.45) is 0 Å². The molecule has 3 heterocycles. The maximum Gasteiger partial charge on any atom is 0.322 e. The highest BCUT2D eigenvalue weighted by Crippen LogP contribution is 2.25. The van der Waals surface area contributed by atoms with E-state index in [4.69, 9.17) is 4.74 Å². The third-order valence-corrected chi connectivity index (χ3v) is 6.19. The number of hydrogen-bond acceptors (Lipinski definition) is 3. The Balaban J connectivity index is 1.49. The van der Waals surface area contributed by atoms with Gasteiger partial charge in [-0.1, -0.05) is 32.0 Å². The molecule has 1 aliphatic rings. The minimum absolute atomic E-state index is 0.00709. The average molecular weight is 410 g/mol. The molecule has 0 aliphatic carbocycles. The number of nitrogens with one attached hydrogen (secondary N) is 2. The largest absolute Gasteiger partial charge is 0.377 e. The van der Waals surface area contributed by atoms with Gasteiger partial charge in [0.25, 0.3) is 0 Å². The number of carbonyl (C=O) groups is 1. The highest BCUT2D eigenvalue weighted by atomic mass is 16.5. The van der Waals surface area contributed by atoms with Crippen LogP contribution in [0, 0.1) is 6.92 Å². The number of aromatic amines is 1. The second-order valence-electron chi connectivity index (χ2n) is 7.97. The van der Waals surface area contributed by atoms with Crippen LogP contribution >= 0.6 is 0 Å². The molecule has 0 saturated carbocycles. The number of carbonyl (C=O) groups excluding carboxylic acids is 1. The molecule has 2 N–H and O–H groups in total. The highest BCUT2D eigenvalue weighted by Gasteiger charge is 2.29. The summed E-state index contributed by atoms with van der Waals surface area (Å²) in [4.78, 5) is 18.4. The van der Waals surface area contributed by atoms with Crippen molar-refractivity contribution in [3.05, 3.63) is 47.9 Å². The van der Waals surface area contributed by atoms with Gasteiger partial charge in [-0.2, -0.15) is 5.10 Å². The molecule has 0 bridgehead atoms. The van der Waals surface area contributed by atoms with Crippen LogP contribution in [0.15, 0.2) is 36.7 Å². The van der Waals surface area contributed by atoms with Gasteiger partial charge in [0.1, 0.15) is 0 Å². The minimum Gasteiger partial charge on any atom is -0.377 e. The molecule has 3 aromatic rings. The third kappa shape index (κ3) is 3.94. The van der Waals surface area contributed by atoms with E-state index in [9.17, 15) is 4.79 Å². The van der Waals surface area contributed by atoms with E-state index in [-0.39, 0.29) is 12.1 Å². The summed E-state index contributed by atoms with van der Waals surface area (Å²) in [5.74, 6) is 0. The Bertz CT molecular complexity index is 1000. The predicted molar refractivity (Wildman–Crippen MR) is 119 cm³/mol. The number of ether oxygens (including phenoxy) is 1. The van der Waals surface area contributed by atoms with E-state index in [2.05, 4.69) is 41.4 Å². The maximum absolute atomic E-state index is 13.2. The van der Waals surface area contributed by atoms with Crippen LogP contribution < -0.4 is 5.32 Å². The topological polar surface area (TPSA) is 75.2 Å². The van der Waals surface area contributed by atoms with E-state index in [1.807, 2.05) is 34.8 Å². The number of benzene rings is 1. The molecule has 7 nitrogen and oxygen atoms in total. The number of amides is 2. The molecular weight excluding hydrogens is 378 g/mol. The summed E-state index contributed by atoms with van der Waals surface area (Å²) in [6.45, 7) is 8.03. The quantitative estimate of drug-likeness (QED) is 0.629. The fraction of sp³-hybridized carbons (Fsp3) is 0.478. The highest BCUT2D eigenvalue weighted by molar-refractivity contribution is 5.90. The number of fused-ring (bicyclic) bond motifs is 1. The molecule has 1 aromatic carbocycles. The van der Waals surface area contributed by atoms with Gasteiger partial charge in [0.05, 0.1) is 42.9 Å². The Morgan fingerprint density at radius 3 is 2.93 bits per heavy atom. The maximum atomic E-state index is 13.2. The summed E-state index contributed by atoms with van der Waals surface area (Å²) in [7, 11) is 0. The molecular formula is C23H31N5O2. The van der Waals surface area contributed by atoms with Gasteiger partial charge in [0, 0.05) is 23.6 Å². The van der Waals surface area contributed by atoms with Crippen molar-refractivity contribution >= 4 is 22.6 Å². The fourth-order valence-corrected chi connectivity index (χ4v) is 4.38. The molecule has 1 saturated heterocycles. The molecule has 7 heteroatoms. The van der Waals surface area contributed by atoms with Crippen molar-refractivity contribution in [2.75, 3.05) is 25.1 Å². The number of anilines is 1. The molecule has 4 rings (SSSR count). The van der Waals surface area contributed by atoms with Crippen LogP contribution in [-0.4, -0.2) is 51.5 Å². The second kappa shape index (κ2) is 8.92. The van der Waals surface area contributed by atoms with Gasteiger partial charge in [-0.25, -0.2) is 4.79 Å². The van der Waals surface area contributed by atoms with Gasteiger partial charge in [-0.05, 0) is 37.8 Å². The van der Waals surface area contributed by atoms with Gasteiger partial charge in [0.2, 0.25) is 0 Å². The molecule has 1 unspecified atom stereocenters. The molecule has 1 fully saturated rings. The number of para-hydroxylation sites is 1. The van der Waals surface area contributed by atoms with Crippen molar-refractivity contribution < 1.29 is 9.53 Å². The summed E-state index contributed by atoms with van der Waals surface area (Å²) in [6, 6.07) is 8.51. The van der Waals surface area contributed by atoms with Gasteiger partial charge in [-0.3, -0.25) is 4.68 Å². The lowest BCUT2D eigenvalue weighted by Gasteiger charge is -2.35. The smallest absolute Gasteiger partial charge is 0.322 e. The zero-order valence-corrected chi connectivity index (χ0v) is 18.0. The molecule has 2 amide bonds. The van der Waals surface area contributed by atoms with Crippen molar-refractivity contribution in [3.63, 3.8) is 0 Å². The van der Waals surface area contributed by atoms with Gasteiger partial charge >= 0.3 is 6.03 Å². The van der Waals surface area contributed by atoms with Crippen molar-refractivity contribution in [3.8, 4) is 0 Å². The van der Waals surface area contributed by atoms with E-state index in [0.717, 1.165) is 36.2 Å². The Labute approximate surface area is 177 Å². The Morgan fingerprint density at radius 2 is 2.13 bits per heavy atom. The van der Waals surface area contributed by atoms with Crippen LogP contribution in [0.3, 0.4) is 0 Å². The van der Waals surface area contributed by atoms with E-state index in [1.165, 1.54) is 10.9 Å². The van der Waals surface area contributed by atoms with E-state index < -0.39 is 0 Å². The lowest BCUT2D eigenvalue weighted by atomic mass is 10.0. The number of urea groups is 1. The van der Waals surface area contributed by atoms with Crippen LogP contribution in [0.1, 0.15) is 44.0 Å². The summed E-state index contributed by atoms with van der Waals surface area (Å²) >= 11 is 0. The van der Waals surface area contributed by atoms with Crippen LogP contribution in [0.5, 0.6) is 0 Å². The zero-order valence-electron chi connectivity index (χ0n) is 18.0. The van der Waals surface area contributed by atoms with E-state index >= 15 is 0 Å². The predicted octanol–water partition coefficient (Wildman–Crippen LogP) is 4.51. The number of aromatic nitrogens is 3. The zero-order chi connectivity index (χ0) is 21.1. The molecule has 160 valence electrons. The summed E-state index contributed by atoms with van der Waals surface area (Å²) in [5, 5.41) is 8.81. The summed E-state index contributed by atoms with van der Waals surface area (Å²) in [6.07, 6.45) is 6.59. The molecule has 1 atom stereocenters. The standard InChI is InChI=1S/C23H31N5O2/c1-4-18(5-2)28-16(3)22(14-25-28)26-23(29)27-10-11-30-15-19(27)12-17-13-24-21-9-7-6-8-20(17)21/h6-9,13-14,18-19,24H,4-5,10-12,15H2,1-3H3,(H,26,29). The molecule has 2 aromatic heterocycles. The van der Waals surface area contributed by atoms with Crippen molar-refractivity contribution in [1.29, 1.82) is 0 Å². The minimum atomic E-state index is -0.0876. The van der Waals surface area contributed by atoms with Gasteiger partial charge in [-0.15, -0.1) is 0 Å². The Hall–Kier alpha value is -2.80. The lowest BCUT2D eigenvalue weighted by molar-refractivity contribution is 0.0159. The van der Waals surface area contributed by atoms with Crippen LogP contribution in [-0.2, 0) is 11.2 Å². The lowest BCUT2D eigenvalue weighted by Crippen LogP contribution is -2.51. The summed E-state index contributed by atoms with van der Waals surface area (Å²) in [5.41, 5.74) is 4.10. The number of H-pyrrole nitrogens is 1. The first-order valence-electron chi connectivity index (χ1n) is 10.9. The van der Waals surface area contributed by atoms with E-state index in [1.54, 1.807) is 6.20 Å². The van der Waals surface area contributed by atoms with Crippen LogP contribution in [0.25, 0.3) is 10.9 Å². The monoisotopic (exact) mass is 409 g/mol. The molecule has 0 radical (unpaired) electrons. The van der Waals surface area contributed by atoms with Crippen molar-refractivity contribution in [1.82, 2.24) is 19.7 Å². The summed E-state index contributed by atoms with van der Waals surface area (Å²) < 4.78 is 7.74. The average Bonchev–Trinajstić information content (AvgIpc) is 3.34. The first-order valence-corrected chi connectivity index (χ1v) is 10.9. The van der Waals surface area contributed by atoms with Gasteiger partial charge in [0.15, 0.2) is 0 Å². The number of nitrogens with zero attached hydrogens (tertiary/aromatic N) is 3. The van der Waals surface area contributed by atoms with Crippen LogP contribution in [0.2, 0.25) is 0 Å². The van der Waals surface area contributed by atoms with Crippen LogP contribution in [0.4, 0.5) is 10.5 Å². The first kappa shape index (κ1) is 20.5. The first-order chi connectivity index (χ1) is 14.6. The fourth-order valence-electron chi connectivity index (χ4n) is 4.38. The Kier molecular flexibility index (Phi) is 6.08. The second-order valence-corrected chi connectivity index (χ2v) is 7.97. The SMILES string of the molecule is CCC(CC)n1ncc(NC(=O)N2CCOCC2Cc2c[nH]c3ccccc23)c1C. The third-order valence-electron chi connectivity index (χ3n) is 6.19. The van der Waals surface area contributed by atoms with E-state index in [0.29, 0.717) is 25.8 Å². The number of morpholine rings is 1. The number of hydrogen-bond donors (Lipinski definition) is 2.